The number of rotatable bonds is 4. The Morgan fingerprint density at radius 2 is 1.95 bits per heavy atom. The summed E-state index contributed by atoms with van der Waals surface area (Å²) in [5.74, 6) is -3.20. The van der Waals surface area contributed by atoms with Gasteiger partial charge in [0.05, 0.1) is 6.42 Å². The van der Waals surface area contributed by atoms with Crippen molar-refractivity contribution in [1.29, 1.82) is 0 Å². The molecule has 1 heterocycles. The van der Waals surface area contributed by atoms with Crippen LogP contribution in [0.5, 0.6) is 0 Å². The van der Waals surface area contributed by atoms with Gasteiger partial charge in [0.1, 0.15) is 17.2 Å². The first-order chi connectivity index (χ1) is 9.92. The largest absolute Gasteiger partial charge is 0.479 e. The van der Waals surface area contributed by atoms with E-state index in [1.807, 2.05) is 0 Å². The second-order valence-electron chi connectivity index (χ2n) is 5.22. The van der Waals surface area contributed by atoms with E-state index in [4.69, 9.17) is 0 Å². The van der Waals surface area contributed by atoms with Gasteiger partial charge in [-0.1, -0.05) is 13.0 Å². The number of halogens is 2. The summed E-state index contributed by atoms with van der Waals surface area (Å²) >= 11 is 0. The molecule has 2 rings (SSSR count). The van der Waals surface area contributed by atoms with E-state index in [2.05, 4.69) is 0 Å². The van der Waals surface area contributed by atoms with Crippen molar-refractivity contribution in [2.75, 3.05) is 6.54 Å². The van der Waals surface area contributed by atoms with Crippen LogP contribution in [0, 0.1) is 11.6 Å². The van der Waals surface area contributed by atoms with Gasteiger partial charge in [-0.15, -0.1) is 0 Å². The Balaban J connectivity index is 2.26. The molecule has 1 aromatic rings. The summed E-state index contributed by atoms with van der Waals surface area (Å²) in [7, 11) is 0. The van der Waals surface area contributed by atoms with Crippen LogP contribution in [-0.4, -0.2) is 34.0 Å². The van der Waals surface area contributed by atoms with Crippen molar-refractivity contribution in [2.24, 2.45) is 0 Å². The smallest absolute Gasteiger partial charge is 0.329 e. The molecule has 1 fully saturated rings. The zero-order chi connectivity index (χ0) is 15.6. The molecule has 0 bridgehead atoms. The Morgan fingerprint density at radius 1 is 1.33 bits per heavy atom. The first-order valence-electron chi connectivity index (χ1n) is 6.89. The van der Waals surface area contributed by atoms with Gasteiger partial charge < -0.3 is 10.0 Å². The second-order valence-corrected chi connectivity index (χ2v) is 5.22. The lowest BCUT2D eigenvalue weighted by atomic mass is 9.92. The number of benzene rings is 1. The monoisotopic (exact) mass is 297 g/mol. The molecule has 1 saturated heterocycles. The maximum atomic E-state index is 13.6. The molecular weight excluding hydrogens is 280 g/mol. The number of carbonyl (C=O) groups excluding carboxylic acids is 1. The SMILES string of the molecule is CCC1(C(=O)O)CCCN1C(=O)Cc1c(F)cccc1F. The molecule has 0 saturated carbocycles. The molecule has 1 aliphatic rings. The number of carboxylic acid groups (broad SMARTS) is 1. The topological polar surface area (TPSA) is 57.6 Å². The van der Waals surface area contributed by atoms with Crippen LogP contribution in [0.1, 0.15) is 31.7 Å². The molecule has 21 heavy (non-hydrogen) atoms. The van der Waals surface area contributed by atoms with Crippen LogP contribution in [0.15, 0.2) is 18.2 Å². The number of carbonyl (C=O) groups is 2. The summed E-state index contributed by atoms with van der Waals surface area (Å²) in [6.07, 6.45) is 0.747. The van der Waals surface area contributed by atoms with E-state index in [0.29, 0.717) is 19.4 Å². The predicted molar refractivity (Wildman–Crippen MR) is 71.7 cm³/mol. The molecule has 6 heteroatoms. The van der Waals surface area contributed by atoms with Crippen LogP contribution < -0.4 is 0 Å². The lowest BCUT2D eigenvalue weighted by Crippen LogP contribution is -2.53. The van der Waals surface area contributed by atoms with Gasteiger partial charge in [0.2, 0.25) is 5.91 Å². The molecular formula is C15H17F2NO3. The summed E-state index contributed by atoms with van der Waals surface area (Å²) < 4.78 is 27.2. The van der Waals surface area contributed by atoms with Gasteiger partial charge in [0.15, 0.2) is 0 Å². The summed E-state index contributed by atoms with van der Waals surface area (Å²) in [6.45, 7) is 2.00. The van der Waals surface area contributed by atoms with Crippen molar-refractivity contribution in [2.45, 2.75) is 38.1 Å². The third-order valence-electron chi connectivity index (χ3n) is 4.16. The van der Waals surface area contributed by atoms with E-state index < -0.39 is 35.5 Å². The summed E-state index contributed by atoms with van der Waals surface area (Å²) in [5.41, 5.74) is -1.57. The minimum atomic E-state index is -1.25. The zero-order valence-electron chi connectivity index (χ0n) is 11.7. The van der Waals surface area contributed by atoms with Gasteiger partial charge in [-0.2, -0.15) is 0 Å². The van der Waals surface area contributed by atoms with Crippen molar-refractivity contribution >= 4 is 11.9 Å². The van der Waals surface area contributed by atoms with Crippen molar-refractivity contribution in [1.82, 2.24) is 4.90 Å². The first kappa shape index (κ1) is 15.4. The highest BCUT2D eigenvalue weighted by Gasteiger charge is 2.48. The van der Waals surface area contributed by atoms with E-state index in [-0.39, 0.29) is 12.0 Å². The lowest BCUT2D eigenvalue weighted by molar-refractivity contribution is -0.156. The van der Waals surface area contributed by atoms with E-state index in [0.717, 1.165) is 12.1 Å². The highest BCUT2D eigenvalue weighted by Crippen LogP contribution is 2.33. The maximum absolute atomic E-state index is 13.6. The zero-order valence-corrected chi connectivity index (χ0v) is 11.7. The van der Waals surface area contributed by atoms with Crippen LogP contribution in [-0.2, 0) is 16.0 Å². The molecule has 0 aliphatic carbocycles. The summed E-state index contributed by atoms with van der Waals surface area (Å²) in [4.78, 5) is 25.1. The predicted octanol–water partition coefficient (Wildman–Crippen LogP) is 2.36. The number of likely N-dealkylation sites (tertiary alicyclic amines) is 1. The van der Waals surface area contributed by atoms with E-state index in [9.17, 15) is 23.5 Å². The fourth-order valence-corrected chi connectivity index (χ4v) is 2.93. The fraction of sp³-hybridized carbons (Fsp3) is 0.467. The van der Waals surface area contributed by atoms with Crippen molar-refractivity contribution < 1.29 is 23.5 Å². The van der Waals surface area contributed by atoms with Crippen LogP contribution in [0.25, 0.3) is 0 Å². The molecule has 1 aliphatic heterocycles. The first-order valence-corrected chi connectivity index (χ1v) is 6.89. The Kier molecular flexibility index (Phi) is 4.25. The van der Waals surface area contributed by atoms with Crippen molar-refractivity contribution in [3.05, 3.63) is 35.4 Å². The van der Waals surface area contributed by atoms with E-state index in [1.54, 1.807) is 6.92 Å². The van der Waals surface area contributed by atoms with Gasteiger partial charge in [0, 0.05) is 12.1 Å². The Hall–Kier alpha value is -1.98. The molecule has 114 valence electrons. The number of hydrogen-bond acceptors (Lipinski definition) is 2. The number of amides is 1. The molecule has 1 unspecified atom stereocenters. The number of carboxylic acids is 1. The number of nitrogens with zero attached hydrogens (tertiary/aromatic N) is 1. The third kappa shape index (κ3) is 2.62. The normalized spacial score (nSPS) is 21.6. The standard InChI is InChI=1S/C15H17F2NO3/c1-2-15(14(20)21)7-4-8-18(15)13(19)9-10-11(16)5-3-6-12(10)17/h3,5-6H,2,4,7-9H2,1H3,(H,20,21). The highest BCUT2D eigenvalue weighted by atomic mass is 19.1. The third-order valence-corrected chi connectivity index (χ3v) is 4.16. The van der Waals surface area contributed by atoms with Crippen LogP contribution in [0.4, 0.5) is 8.78 Å². The summed E-state index contributed by atoms with van der Waals surface area (Å²) in [6, 6.07) is 3.39. The molecule has 0 radical (unpaired) electrons. The molecule has 0 spiro atoms. The quantitative estimate of drug-likeness (QED) is 0.928. The molecule has 1 atom stereocenters. The van der Waals surface area contributed by atoms with E-state index in [1.165, 1.54) is 11.0 Å². The Bertz CT molecular complexity index is 556. The van der Waals surface area contributed by atoms with Gasteiger partial charge >= 0.3 is 5.97 Å². The highest BCUT2D eigenvalue weighted by molar-refractivity contribution is 5.88. The van der Waals surface area contributed by atoms with Crippen LogP contribution >= 0.6 is 0 Å². The molecule has 1 aromatic carbocycles. The number of aliphatic carboxylic acids is 1. The van der Waals surface area contributed by atoms with Crippen molar-refractivity contribution in [3.63, 3.8) is 0 Å². The Morgan fingerprint density at radius 3 is 2.48 bits per heavy atom. The summed E-state index contributed by atoms with van der Waals surface area (Å²) in [5, 5.41) is 9.42. The molecule has 0 aromatic heterocycles. The average Bonchev–Trinajstić information content (AvgIpc) is 2.88. The lowest BCUT2D eigenvalue weighted by Gasteiger charge is -2.34. The average molecular weight is 297 g/mol. The van der Waals surface area contributed by atoms with Crippen LogP contribution in [0.2, 0.25) is 0 Å². The fourth-order valence-electron chi connectivity index (χ4n) is 2.93. The molecule has 1 N–H and O–H groups in total. The van der Waals surface area contributed by atoms with Crippen molar-refractivity contribution in [3.8, 4) is 0 Å². The number of hydrogen-bond donors (Lipinski definition) is 1. The molecule has 1 amide bonds. The van der Waals surface area contributed by atoms with Gasteiger partial charge in [-0.05, 0) is 31.4 Å². The Labute approximate surface area is 121 Å². The maximum Gasteiger partial charge on any atom is 0.329 e. The van der Waals surface area contributed by atoms with Gasteiger partial charge in [-0.25, -0.2) is 13.6 Å². The van der Waals surface area contributed by atoms with Gasteiger partial charge in [0.25, 0.3) is 0 Å². The molecule has 4 nitrogen and oxygen atoms in total. The van der Waals surface area contributed by atoms with Crippen LogP contribution in [0.3, 0.4) is 0 Å². The minimum absolute atomic E-state index is 0.272. The van der Waals surface area contributed by atoms with E-state index >= 15 is 0 Å². The minimum Gasteiger partial charge on any atom is -0.479 e. The second kappa shape index (κ2) is 5.79. The van der Waals surface area contributed by atoms with Gasteiger partial charge in [-0.3, -0.25) is 4.79 Å².